The van der Waals surface area contributed by atoms with Crippen LogP contribution < -0.4 is 0 Å². The molecule has 2 bridgehead atoms. The molecule has 0 amide bonds. The summed E-state index contributed by atoms with van der Waals surface area (Å²) < 4.78 is 4.97. The van der Waals surface area contributed by atoms with E-state index in [1.54, 1.807) is 19.1 Å². The van der Waals surface area contributed by atoms with Crippen LogP contribution in [-0.2, 0) is 14.3 Å². The zero-order chi connectivity index (χ0) is 14.9. The topological polar surface area (TPSA) is 104 Å². The normalized spacial score (nSPS) is 31.6. The van der Waals surface area contributed by atoms with Crippen LogP contribution in [0.4, 0.5) is 0 Å². The number of fused-ring (bicyclic) bond motifs is 1. The summed E-state index contributed by atoms with van der Waals surface area (Å²) in [5.74, 6) is -2.99. The van der Waals surface area contributed by atoms with Crippen LogP contribution in [0.3, 0.4) is 0 Å². The molecule has 6 nitrogen and oxygen atoms in total. The van der Waals surface area contributed by atoms with Crippen LogP contribution in [0.5, 0.6) is 0 Å². The van der Waals surface area contributed by atoms with Crippen molar-refractivity contribution in [1.29, 1.82) is 0 Å². The first-order valence-corrected chi connectivity index (χ1v) is 7.26. The zero-order valence-corrected chi connectivity index (χ0v) is 11.7. The van der Waals surface area contributed by atoms with E-state index >= 15 is 0 Å². The summed E-state index contributed by atoms with van der Waals surface area (Å²) in [4.78, 5) is 23.2. The van der Waals surface area contributed by atoms with Crippen molar-refractivity contribution in [2.24, 2.45) is 11.8 Å². The second kappa shape index (κ2) is 5.99. The molecule has 0 aromatic rings. The summed E-state index contributed by atoms with van der Waals surface area (Å²) in [6.07, 6.45) is 1.27. The van der Waals surface area contributed by atoms with Gasteiger partial charge >= 0.3 is 11.9 Å². The Hall–Kier alpha value is -1.31. The third kappa shape index (κ3) is 2.61. The highest BCUT2D eigenvalue weighted by molar-refractivity contribution is 8.03. The molecule has 0 aromatic carbocycles. The Bertz CT molecular complexity index is 483. The SMILES string of the molecule is CCOC(=O)C1=C(SCC(=O)O)C2C=CC1C(O)C2O. The molecule has 20 heavy (non-hydrogen) atoms. The molecule has 7 heteroatoms. The van der Waals surface area contributed by atoms with Crippen molar-refractivity contribution < 1.29 is 29.6 Å². The second-order valence-electron chi connectivity index (χ2n) is 4.60. The molecule has 0 saturated heterocycles. The highest BCUT2D eigenvalue weighted by Crippen LogP contribution is 2.46. The monoisotopic (exact) mass is 300 g/mol. The highest BCUT2D eigenvalue weighted by Gasteiger charge is 2.47. The van der Waals surface area contributed by atoms with E-state index in [1.807, 2.05) is 0 Å². The molecule has 0 aliphatic heterocycles. The van der Waals surface area contributed by atoms with E-state index in [2.05, 4.69) is 0 Å². The summed E-state index contributed by atoms with van der Waals surface area (Å²) in [7, 11) is 0. The van der Waals surface area contributed by atoms with Gasteiger partial charge in [-0.05, 0) is 6.92 Å². The largest absolute Gasteiger partial charge is 0.481 e. The molecule has 3 aliphatic rings. The maximum atomic E-state index is 12.0. The van der Waals surface area contributed by atoms with Gasteiger partial charge in [0.1, 0.15) is 0 Å². The summed E-state index contributed by atoms with van der Waals surface area (Å²) in [6, 6.07) is 0. The number of aliphatic hydroxyl groups is 2. The molecule has 3 N–H and O–H groups in total. The Labute approximate surface area is 120 Å². The van der Waals surface area contributed by atoms with E-state index < -0.39 is 36.0 Å². The van der Waals surface area contributed by atoms with Gasteiger partial charge in [-0.2, -0.15) is 0 Å². The maximum absolute atomic E-state index is 12.0. The molecular formula is C13H16O6S. The smallest absolute Gasteiger partial charge is 0.335 e. The maximum Gasteiger partial charge on any atom is 0.335 e. The lowest BCUT2D eigenvalue weighted by molar-refractivity contribution is -0.140. The molecule has 0 spiro atoms. The van der Waals surface area contributed by atoms with Gasteiger partial charge in [0, 0.05) is 16.7 Å². The lowest BCUT2D eigenvalue weighted by Gasteiger charge is -2.41. The third-order valence-corrected chi connectivity index (χ3v) is 4.55. The zero-order valence-electron chi connectivity index (χ0n) is 10.9. The summed E-state index contributed by atoms with van der Waals surface area (Å²) in [5.41, 5.74) is 0.267. The Morgan fingerprint density at radius 2 is 1.85 bits per heavy atom. The van der Waals surface area contributed by atoms with Gasteiger partial charge in [-0.1, -0.05) is 12.2 Å². The average molecular weight is 300 g/mol. The predicted octanol–water partition coefficient (Wildman–Crippen LogP) is 0.159. The molecule has 3 rings (SSSR count). The van der Waals surface area contributed by atoms with Gasteiger partial charge in [-0.15, -0.1) is 11.8 Å². The number of aliphatic hydroxyl groups excluding tert-OH is 2. The number of carboxylic acid groups (broad SMARTS) is 1. The number of esters is 1. The third-order valence-electron chi connectivity index (χ3n) is 3.36. The van der Waals surface area contributed by atoms with Crippen LogP contribution in [0.1, 0.15) is 6.92 Å². The van der Waals surface area contributed by atoms with E-state index in [0.717, 1.165) is 11.8 Å². The van der Waals surface area contributed by atoms with Crippen molar-refractivity contribution in [3.8, 4) is 0 Å². The number of hydrogen-bond donors (Lipinski definition) is 3. The lowest BCUT2D eigenvalue weighted by Crippen LogP contribution is -2.48. The number of rotatable bonds is 5. The van der Waals surface area contributed by atoms with Gasteiger partial charge in [-0.3, -0.25) is 4.79 Å². The first kappa shape index (κ1) is 15.1. The lowest BCUT2D eigenvalue weighted by atomic mass is 9.72. The van der Waals surface area contributed by atoms with Gasteiger partial charge < -0.3 is 20.1 Å². The fourth-order valence-corrected chi connectivity index (χ4v) is 3.57. The Balaban J connectivity index is 2.36. The number of hydrogen-bond acceptors (Lipinski definition) is 6. The first-order valence-electron chi connectivity index (χ1n) is 6.27. The Morgan fingerprint density at radius 1 is 1.25 bits per heavy atom. The summed E-state index contributed by atoms with van der Waals surface area (Å²) in [5, 5.41) is 28.7. The molecule has 3 aliphatic carbocycles. The molecule has 0 heterocycles. The Morgan fingerprint density at radius 3 is 2.45 bits per heavy atom. The molecule has 0 aromatic heterocycles. The summed E-state index contributed by atoms with van der Waals surface area (Å²) >= 11 is 0.994. The van der Waals surface area contributed by atoms with Crippen molar-refractivity contribution in [3.63, 3.8) is 0 Å². The van der Waals surface area contributed by atoms with Crippen LogP contribution in [0, 0.1) is 11.8 Å². The number of thioether (sulfide) groups is 1. The van der Waals surface area contributed by atoms with E-state index in [9.17, 15) is 19.8 Å². The molecule has 110 valence electrons. The fraction of sp³-hybridized carbons (Fsp3) is 0.538. The minimum Gasteiger partial charge on any atom is -0.481 e. The molecule has 4 unspecified atom stereocenters. The number of aliphatic carboxylic acids is 1. The number of carboxylic acids is 1. The standard InChI is InChI=1S/C13H16O6S/c1-2-19-13(18)9-6-3-4-7(11(17)10(6)16)12(9)20-5-8(14)15/h3-4,6-7,10-11,16-17H,2,5H2,1H3,(H,14,15). The van der Waals surface area contributed by atoms with Crippen LogP contribution in [0.25, 0.3) is 0 Å². The molecule has 4 atom stereocenters. The minimum absolute atomic E-state index is 0.193. The van der Waals surface area contributed by atoms with Gasteiger partial charge in [0.2, 0.25) is 0 Å². The minimum atomic E-state index is -1.07. The van der Waals surface area contributed by atoms with Gasteiger partial charge in [0.25, 0.3) is 0 Å². The molecule has 0 fully saturated rings. The fourth-order valence-electron chi connectivity index (χ4n) is 2.50. The van der Waals surface area contributed by atoms with E-state index in [-0.39, 0.29) is 17.9 Å². The highest BCUT2D eigenvalue weighted by atomic mass is 32.2. The quantitative estimate of drug-likeness (QED) is 0.490. The summed E-state index contributed by atoms with van der Waals surface area (Å²) in [6.45, 7) is 1.86. The first-order chi connectivity index (χ1) is 9.47. The van der Waals surface area contributed by atoms with Gasteiger partial charge in [0.15, 0.2) is 0 Å². The van der Waals surface area contributed by atoms with Crippen LogP contribution in [0.15, 0.2) is 22.6 Å². The predicted molar refractivity (Wildman–Crippen MR) is 71.9 cm³/mol. The molecule has 0 saturated carbocycles. The van der Waals surface area contributed by atoms with Gasteiger partial charge in [-0.25, -0.2) is 4.79 Å². The van der Waals surface area contributed by atoms with Crippen molar-refractivity contribution in [2.75, 3.05) is 12.4 Å². The van der Waals surface area contributed by atoms with Gasteiger partial charge in [0.05, 0.1) is 30.1 Å². The van der Waals surface area contributed by atoms with Crippen LogP contribution in [0.2, 0.25) is 0 Å². The van der Waals surface area contributed by atoms with Crippen molar-refractivity contribution in [3.05, 3.63) is 22.6 Å². The number of carbonyl (C=O) groups excluding carboxylic acids is 1. The second-order valence-corrected chi connectivity index (χ2v) is 5.62. The van der Waals surface area contributed by atoms with Crippen molar-refractivity contribution >= 4 is 23.7 Å². The number of carbonyl (C=O) groups is 2. The van der Waals surface area contributed by atoms with Crippen LogP contribution >= 0.6 is 11.8 Å². The van der Waals surface area contributed by atoms with E-state index in [0.29, 0.717) is 4.91 Å². The van der Waals surface area contributed by atoms with Crippen molar-refractivity contribution in [2.45, 2.75) is 19.1 Å². The number of ether oxygens (including phenoxy) is 1. The van der Waals surface area contributed by atoms with E-state index in [1.165, 1.54) is 0 Å². The molecule has 0 radical (unpaired) electrons. The average Bonchev–Trinajstić information content (AvgIpc) is 2.41. The van der Waals surface area contributed by atoms with E-state index in [4.69, 9.17) is 9.84 Å². The van der Waals surface area contributed by atoms with Crippen molar-refractivity contribution in [1.82, 2.24) is 0 Å². The van der Waals surface area contributed by atoms with Crippen LogP contribution in [-0.4, -0.2) is 51.8 Å². The molecular weight excluding hydrogens is 284 g/mol. The Kier molecular flexibility index (Phi) is 4.52.